The summed E-state index contributed by atoms with van der Waals surface area (Å²) >= 11 is 0. The van der Waals surface area contributed by atoms with Crippen LogP contribution in [0.15, 0.2) is 170 Å². The standard InChI is InChI=1S/C45H28N4Si/c46-29-32-19-25-43-41(27-32)42-28-33(30-47)20-26-44(42)49(43)45-35(31-48)11-10-18-40(45)34-21-23-39(24-22-34)50(36-12-4-1-5-13-36,37-14-6-2-7-15-37)38-16-8-3-9-17-38/h1-28H. The van der Waals surface area contributed by atoms with Gasteiger partial charge in [0.2, 0.25) is 0 Å². The zero-order chi connectivity index (χ0) is 34.1. The van der Waals surface area contributed by atoms with Crippen LogP contribution in [0.25, 0.3) is 38.6 Å². The highest BCUT2D eigenvalue weighted by atomic mass is 28.3. The third-order valence-corrected chi connectivity index (χ3v) is 14.5. The Balaban J connectivity index is 1.38. The van der Waals surface area contributed by atoms with E-state index in [0.717, 1.165) is 38.6 Å². The number of hydrogen-bond acceptors (Lipinski definition) is 3. The second-order valence-corrected chi connectivity index (χ2v) is 16.1. The molecule has 50 heavy (non-hydrogen) atoms. The molecule has 0 amide bonds. The predicted molar refractivity (Wildman–Crippen MR) is 204 cm³/mol. The molecule has 1 aromatic heterocycles. The average molecular weight is 653 g/mol. The first-order valence-corrected chi connectivity index (χ1v) is 18.4. The summed E-state index contributed by atoms with van der Waals surface area (Å²) in [7, 11) is -2.71. The molecule has 0 radical (unpaired) electrons. The van der Waals surface area contributed by atoms with Crippen LogP contribution in [0, 0.1) is 34.0 Å². The minimum absolute atomic E-state index is 0.528. The van der Waals surface area contributed by atoms with Gasteiger partial charge < -0.3 is 4.57 Å². The largest absolute Gasteiger partial charge is 0.307 e. The fraction of sp³-hybridized carbons (Fsp3) is 0. The van der Waals surface area contributed by atoms with Crippen molar-refractivity contribution in [3.8, 4) is 35.0 Å². The third-order valence-electron chi connectivity index (χ3n) is 9.65. The first-order valence-electron chi connectivity index (χ1n) is 16.4. The summed E-state index contributed by atoms with van der Waals surface area (Å²) in [5, 5.41) is 36.8. The number of fused-ring (bicyclic) bond motifs is 3. The number of para-hydroxylation sites is 1. The van der Waals surface area contributed by atoms with Gasteiger partial charge in [-0.2, -0.15) is 15.8 Å². The molecule has 0 N–H and O–H groups in total. The van der Waals surface area contributed by atoms with Gasteiger partial charge >= 0.3 is 0 Å². The van der Waals surface area contributed by atoms with Crippen molar-refractivity contribution in [3.63, 3.8) is 0 Å². The van der Waals surface area contributed by atoms with E-state index in [-0.39, 0.29) is 0 Å². The smallest absolute Gasteiger partial charge is 0.179 e. The molecule has 0 atom stereocenters. The lowest BCUT2D eigenvalue weighted by Gasteiger charge is -2.34. The maximum Gasteiger partial charge on any atom is 0.179 e. The SMILES string of the molecule is N#Cc1ccc2c(c1)c1cc(C#N)ccc1n2-c1c(C#N)cccc1-c1ccc([Si](c2ccccc2)(c2ccccc2)c2ccccc2)cc1. The molecule has 8 rings (SSSR count). The fourth-order valence-corrected chi connectivity index (χ4v) is 12.2. The molecule has 0 spiro atoms. The summed E-state index contributed by atoms with van der Waals surface area (Å²) in [6, 6.07) is 65.4. The Labute approximate surface area is 291 Å². The van der Waals surface area contributed by atoms with E-state index in [1.807, 2.05) is 36.4 Å². The monoisotopic (exact) mass is 652 g/mol. The Morgan fingerprint density at radius 1 is 0.420 bits per heavy atom. The maximum atomic E-state index is 10.5. The molecule has 0 fully saturated rings. The van der Waals surface area contributed by atoms with Crippen LogP contribution in [-0.4, -0.2) is 12.6 Å². The first-order chi connectivity index (χ1) is 24.7. The quantitative estimate of drug-likeness (QED) is 0.138. The van der Waals surface area contributed by atoms with E-state index >= 15 is 0 Å². The van der Waals surface area contributed by atoms with Gasteiger partial charge in [-0.1, -0.05) is 127 Å². The second kappa shape index (κ2) is 12.6. The Hall–Kier alpha value is -6.97. The molecular formula is C45H28N4Si. The number of nitriles is 3. The van der Waals surface area contributed by atoms with Gasteiger partial charge in [-0.25, -0.2) is 0 Å². The molecule has 8 aromatic rings. The van der Waals surface area contributed by atoms with Crippen LogP contribution in [0.5, 0.6) is 0 Å². The lowest BCUT2D eigenvalue weighted by atomic mass is 10.00. The Morgan fingerprint density at radius 2 is 0.880 bits per heavy atom. The summed E-state index contributed by atoms with van der Waals surface area (Å²) in [5.41, 5.74) is 5.97. The van der Waals surface area contributed by atoms with Crippen molar-refractivity contribution in [2.45, 2.75) is 0 Å². The summed E-state index contributed by atoms with van der Waals surface area (Å²) in [6.45, 7) is 0. The van der Waals surface area contributed by atoms with Crippen molar-refractivity contribution in [1.29, 1.82) is 15.8 Å². The lowest BCUT2D eigenvalue weighted by molar-refractivity contribution is 1.17. The van der Waals surface area contributed by atoms with Crippen LogP contribution in [0.4, 0.5) is 0 Å². The van der Waals surface area contributed by atoms with Crippen molar-refractivity contribution >= 4 is 50.6 Å². The Bertz CT molecular complexity index is 2490. The molecule has 0 saturated heterocycles. The molecule has 0 aliphatic carbocycles. The molecule has 232 valence electrons. The maximum absolute atomic E-state index is 10.5. The number of hydrogen-bond donors (Lipinski definition) is 0. The van der Waals surface area contributed by atoms with E-state index < -0.39 is 8.07 Å². The molecule has 0 aliphatic heterocycles. The van der Waals surface area contributed by atoms with E-state index in [0.29, 0.717) is 16.7 Å². The molecule has 1 heterocycles. The molecule has 5 heteroatoms. The molecule has 0 bridgehead atoms. The minimum Gasteiger partial charge on any atom is -0.307 e. The van der Waals surface area contributed by atoms with Crippen LogP contribution in [0.3, 0.4) is 0 Å². The number of nitrogens with zero attached hydrogens (tertiary/aromatic N) is 4. The van der Waals surface area contributed by atoms with Crippen LogP contribution in [0.1, 0.15) is 16.7 Å². The van der Waals surface area contributed by atoms with Crippen molar-refractivity contribution in [2.75, 3.05) is 0 Å². The number of benzene rings is 7. The topological polar surface area (TPSA) is 76.3 Å². The van der Waals surface area contributed by atoms with Gasteiger partial charge in [-0.15, -0.1) is 0 Å². The second-order valence-electron chi connectivity index (χ2n) is 12.3. The molecule has 4 nitrogen and oxygen atoms in total. The van der Waals surface area contributed by atoms with Crippen molar-refractivity contribution in [1.82, 2.24) is 4.57 Å². The van der Waals surface area contributed by atoms with Crippen molar-refractivity contribution < 1.29 is 0 Å². The van der Waals surface area contributed by atoms with Gasteiger partial charge in [-0.05, 0) is 68.8 Å². The fourth-order valence-electron chi connectivity index (χ4n) is 7.48. The molecule has 0 aliphatic rings. The van der Waals surface area contributed by atoms with E-state index in [4.69, 9.17) is 0 Å². The number of rotatable bonds is 6. The van der Waals surface area contributed by atoms with E-state index in [1.54, 1.807) is 12.1 Å². The third kappa shape index (κ3) is 4.80. The van der Waals surface area contributed by atoms with E-state index in [1.165, 1.54) is 20.7 Å². The van der Waals surface area contributed by atoms with Gasteiger partial charge in [0.15, 0.2) is 8.07 Å². The first kappa shape index (κ1) is 30.4. The van der Waals surface area contributed by atoms with Gasteiger partial charge in [0, 0.05) is 16.3 Å². The highest BCUT2D eigenvalue weighted by Crippen LogP contribution is 2.38. The Morgan fingerprint density at radius 3 is 1.32 bits per heavy atom. The summed E-state index contributed by atoms with van der Waals surface area (Å²) < 4.78 is 2.10. The normalized spacial score (nSPS) is 11.1. The van der Waals surface area contributed by atoms with Gasteiger partial charge in [-0.3, -0.25) is 0 Å². The van der Waals surface area contributed by atoms with E-state index in [2.05, 4.69) is 144 Å². The number of aromatic nitrogens is 1. The zero-order valence-corrected chi connectivity index (χ0v) is 28.0. The molecule has 0 saturated carbocycles. The van der Waals surface area contributed by atoms with Gasteiger partial charge in [0.1, 0.15) is 6.07 Å². The zero-order valence-electron chi connectivity index (χ0n) is 27.0. The predicted octanol–water partition coefficient (Wildman–Crippen LogP) is 7.44. The van der Waals surface area contributed by atoms with Crippen LogP contribution >= 0.6 is 0 Å². The van der Waals surface area contributed by atoms with Gasteiger partial charge in [0.25, 0.3) is 0 Å². The Kier molecular flexibility index (Phi) is 7.63. The van der Waals surface area contributed by atoms with Crippen LogP contribution in [-0.2, 0) is 0 Å². The van der Waals surface area contributed by atoms with Crippen LogP contribution < -0.4 is 20.7 Å². The lowest BCUT2D eigenvalue weighted by Crippen LogP contribution is -2.74. The molecule has 7 aromatic carbocycles. The minimum atomic E-state index is -2.71. The van der Waals surface area contributed by atoms with Crippen molar-refractivity contribution in [3.05, 3.63) is 187 Å². The summed E-state index contributed by atoms with van der Waals surface area (Å²) in [5.74, 6) is 0. The highest BCUT2D eigenvalue weighted by molar-refractivity contribution is 7.19. The van der Waals surface area contributed by atoms with Crippen molar-refractivity contribution in [2.24, 2.45) is 0 Å². The highest BCUT2D eigenvalue weighted by Gasteiger charge is 2.41. The summed E-state index contributed by atoms with van der Waals surface area (Å²) in [4.78, 5) is 0. The average Bonchev–Trinajstić information content (AvgIpc) is 3.51. The summed E-state index contributed by atoms with van der Waals surface area (Å²) in [6.07, 6.45) is 0. The van der Waals surface area contributed by atoms with Gasteiger partial charge in [0.05, 0.1) is 45.5 Å². The van der Waals surface area contributed by atoms with E-state index in [9.17, 15) is 15.8 Å². The molecule has 0 unspecified atom stereocenters. The molecular weight excluding hydrogens is 625 g/mol. The van der Waals surface area contributed by atoms with Crippen LogP contribution in [0.2, 0.25) is 0 Å².